The minimum atomic E-state index is -0.142. The number of ether oxygens (including phenoxy) is 1. The number of hydrogen-bond donors (Lipinski definition) is 0. The van der Waals surface area contributed by atoms with Crippen molar-refractivity contribution in [2.24, 2.45) is 0 Å². The molecule has 0 bridgehead atoms. The van der Waals surface area contributed by atoms with E-state index in [4.69, 9.17) is 16.3 Å². The van der Waals surface area contributed by atoms with Crippen molar-refractivity contribution in [3.05, 3.63) is 70.0 Å². The number of para-hydroxylation sites is 1. The van der Waals surface area contributed by atoms with E-state index in [-0.39, 0.29) is 6.04 Å². The maximum atomic E-state index is 6.58. The number of nitrogens with zero attached hydrogens (tertiary/aromatic N) is 5. The molecule has 7 heteroatoms. The minimum absolute atomic E-state index is 0.142. The Bertz CT molecular complexity index is 915. The molecule has 0 N–H and O–H groups in total. The van der Waals surface area contributed by atoms with E-state index in [1.54, 1.807) is 0 Å². The van der Waals surface area contributed by atoms with Crippen molar-refractivity contribution in [2.45, 2.75) is 19.9 Å². The molecule has 1 atom stereocenters. The molecule has 2 heterocycles. The quantitative estimate of drug-likeness (QED) is 0.691. The lowest BCUT2D eigenvalue weighted by Crippen LogP contribution is -2.40. The molecule has 0 saturated carbocycles. The molecule has 1 aliphatic heterocycles. The van der Waals surface area contributed by atoms with Gasteiger partial charge in [0.05, 0.1) is 24.9 Å². The lowest BCUT2D eigenvalue weighted by Gasteiger charge is -2.34. The molecule has 1 saturated heterocycles. The van der Waals surface area contributed by atoms with Gasteiger partial charge in [-0.25, -0.2) is 0 Å². The summed E-state index contributed by atoms with van der Waals surface area (Å²) in [6, 6.07) is 14.0. The highest BCUT2D eigenvalue weighted by Gasteiger charge is 2.31. The minimum Gasteiger partial charge on any atom is -0.379 e. The van der Waals surface area contributed by atoms with Gasteiger partial charge in [0.15, 0.2) is 5.82 Å². The summed E-state index contributed by atoms with van der Waals surface area (Å²) in [6.45, 7) is 7.13. The second-order valence-electron chi connectivity index (χ2n) is 6.76. The Morgan fingerprint density at radius 1 is 1.00 bits per heavy atom. The first-order valence-corrected chi connectivity index (χ1v) is 9.45. The summed E-state index contributed by atoms with van der Waals surface area (Å²) in [5.41, 5.74) is 4.28. The van der Waals surface area contributed by atoms with Gasteiger partial charge in [0.2, 0.25) is 0 Å². The molecule has 0 amide bonds. The highest BCUT2D eigenvalue weighted by atomic mass is 35.5. The van der Waals surface area contributed by atoms with E-state index in [2.05, 4.69) is 46.4 Å². The normalized spacial score (nSPS) is 16.4. The van der Waals surface area contributed by atoms with Crippen molar-refractivity contribution in [2.75, 3.05) is 26.3 Å². The fourth-order valence-corrected chi connectivity index (χ4v) is 3.93. The van der Waals surface area contributed by atoms with E-state index < -0.39 is 0 Å². The number of halogens is 1. The number of aryl methyl sites for hydroxylation is 2. The molecule has 1 aliphatic rings. The summed E-state index contributed by atoms with van der Waals surface area (Å²) in [5, 5.41) is 13.5. The van der Waals surface area contributed by atoms with Gasteiger partial charge in [0.25, 0.3) is 0 Å². The van der Waals surface area contributed by atoms with Crippen molar-refractivity contribution in [1.82, 2.24) is 25.1 Å². The zero-order chi connectivity index (χ0) is 18.8. The van der Waals surface area contributed by atoms with Gasteiger partial charge in [0, 0.05) is 18.1 Å². The van der Waals surface area contributed by atoms with E-state index in [0.29, 0.717) is 18.2 Å². The molecule has 6 nitrogen and oxygen atoms in total. The average Bonchev–Trinajstić information content (AvgIpc) is 3.13. The van der Waals surface area contributed by atoms with E-state index in [0.717, 1.165) is 41.3 Å². The van der Waals surface area contributed by atoms with Crippen molar-refractivity contribution >= 4 is 11.6 Å². The van der Waals surface area contributed by atoms with Gasteiger partial charge in [-0.3, -0.25) is 4.90 Å². The standard InChI is InChI=1S/C20H22ClN5O/c1-14-6-5-7-15(2)18(14)26-20(22-23-24-26)19(25-10-12-27-13-11-25)16-8-3-4-9-17(16)21/h3-9,19H,10-13H2,1-2H3. The molecule has 0 spiro atoms. The van der Waals surface area contributed by atoms with Crippen LogP contribution in [-0.4, -0.2) is 51.4 Å². The van der Waals surface area contributed by atoms with Crippen LogP contribution in [0, 0.1) is 13.8 Å². The summed E-state index contributed by atoms with van der Waals surface area (Å²) >= 11 is 6.58. The van der Waals surface area contributed by atoms with Crippen LogP contribution in [0.5, 0.6) is 0 Å². The summed E-state index contributed by atoms with van der Waals surface area (Å²) in [6.07, 6.45) is 0. The Balaban J connectivity index is 1.87. The molecule has 0 aliphatic carbocycles. The van der Waals surface area contributed by atoms with Crippen molar-refractivity contribution < 1.29 is 4.74 Å². The van der Waals surface area contributed by atoms with E-state index in [1.807, 2.05) is 35.0 Å². The molecule has 1 aromatic heterocycles. The lowest BCUT2D eigenvalue weighted by molar-refractivity contribution is 0.0220. The smallest absolute Gasteiger partial charge is 0.178 e. The summed E-state index contributed by atoms with van der Waals surface area (Å²) < 4.78 is 7.41. The third-order valence-corrected chi connectivity index (χ3v) is 5.34. The van der Waals surface area contributed by atoms with Crippen molar-refractivity contribution in [3.63, 3.8) is 0 Å². The largest absolute Gasteiger partial charge is 0.379 e. The molecule has 2 aromatic carbocycles. The second-order valence-corrected chi connectivity index (χ2v) is 7.17. The predicted molar refractivity (Wildman–Crippen MR) is 104 cm³/mol. The van der Waals surface area contributed by atoms with Crippen molar-refractivity contribution in [3.8, 4) is 5.69 Å². The maximum Gasteiger partial charge on any atom is 0.178 e. The van der Waals surface area contributed by atoms with E-state index in [1.165, 1.54) is 0 Å². The summed E-state index contributed by atoms with van der Waals surface area (Å²) in [4.78, 5) is 2.33. The van der Waals surface area contributed by atoms with Gasteiger partial charge in [-0.05, 0) is 47.0 Å². The first kappa shape index (κ1) is 18.1. The maximum absolute atomic E-state index is 6.58. The Morgan fingerprint density at radius 2 is 1.70 bits per heavy atom. The van der Waals surface area contributed by atoms with Crippen LogP contribution < -0.4 is 0 Å². The molecule has 1 fully saturated rings. The molecule has 27 heavy (non-hydrogen) atoms. The van der Waals surface area contributed by atoms with Crippen LogP contribution in [0.15, 0.2) is 42.5 Å². The average molecular weight is 384 g/mol. The fraction of sp³-hybridized carbons (Fsp3) is 0.350. The number of aromatic nitrogens is 4. The van der Waals surface area contributed by atoms with Crippen LogP contribution in [-0.2, 0) is 4.74 Å². The molecular weight excluding hydrogens is 362 g/mol. The van der Waals surface area contributed by atoms with Gasteiger partial charge in [-0.1, -0.05) is 48.0 Å². The lowest BCUT2D eigenvalue weighted by atomic mass is 10.0. The Kier molecular flexibility index (Phi) is 5.20. The Morgan fingerprint density at radius 3 is 2.41 bits per heavy atom. The van der Waals surface area contributed by atoms with Gasteiger partial charge >= 0.3 is 0 Å². The number of hydrogen-bond acceptors (Lipinski definition) is 5. The molecule has 1 unspecified atom stereocenters. The van der Waals surface area contributed by atoms with Crippen molar-refractivity contribution in [1.29, 1.82) is 0 Å². The monoisotopic (exact) mass is 383 g/mol. The van der Waals surface area contributed by atoms with Crippen LogP contribution in [0.25, 0.3) is 5.69 Å². The molecule has 140 valence electrons. The highest BCUT2D eigenvalue weighted by Crippen LogP contribution is 2.34. The van der Waals surface area contributed by atoms with Gasteiger partial charge < -0.3 is 4.74 Å². The third kappa shape index (κ3) is 3.48. The van der Waals surface area contributed by atoms with Crippen LogP contribution in [0.3, 0.4) is 0 Å². The summed E-state index contributed by atoms with van der Waals surface area (Å²) in [5.74, 6) is 0.766. The number of tetrazole rings is 1. The van der Waals surface area contributed by atoms with Crippen LogP contribution >= 0.6 is 11.6 Å². The molecular formula is C20H22ClN5O. The first-order chi connectivity index (χ1) is 13.2. The fourth-order valence-electron chi connectivity index (χ4n) is 3.70. The zero-order valence-corrected chi connectivity index (χ0v) is 16.2. The van der Waals surface area contributed by atoms with Gasteiger partial charge in [-0.15, -0.1) is 5.10 Å². The number of rotatable bonds is 4. The van der Waals surface area contributed by atoms with Gasteiger partial charge in [-0.2, -0.15) is 4.68 Å². The highest BCUT2D eigenvalue weighted by molar-refractivity contribution is 6.31. The topological polar surface area (TPSA) is 56.1 Å². The van der Waals surface area contributed by atoms with E-state index in [9.17, 15) is 0 Å². The van der Waals surface area contributed by atoms with Gasteiger partial charge in [0.1, 0.15) is 0 Å². The number of benzene rings is 2. The SMILES string of the molecule is Cc1cccc(C)c1-n1nnnc1C(c1ccccc1Cl)N1CCOCC1. The third-order valence-electron chi connectivity index (χ3n) is 5.00. The van der Waals surface area contributed by atoms with Crippen LogP contribution in [0.2, 0.25) is 5.02 Å². The molecule has 0 radical (unpaired) electrons. The Labute approximate surface area is 163 Å². The number of morpholine rings is 1. The molecule has 3 aromatic rings. The van der Waals surface area contributed by atoms with E-state index >= 15 is 0 Å². The summed E-state index contributed by atoms with van der Waals surface area (Å²) in [7, 11) is 0. The predicted octanol–water partition coefficient (Wildman–Crippen LogP) is 3.35. The van der Waals surface area contributed by atoms with Crippen LogP contribution in [0.1, 0.15) is 28.6 Å². The second kappa shape index (κ2) is 7.76. The van der Waals surface area contributed by atoms with Crippen LogP contribution in [0.4, 0.5) is 0 Å². The zero-order valence-electron chi connectivity index (χ0n) is 15.5. The molecule has 4 rings (SSSR count). The first-order valence-electron chi connectivity index (χ1n) is 9.08. The Hall–Kier alpha value is -2.28.